The van der Waals surface area contributed by atoms with Crippen LogP contribution in [-0.4, -0.2) is 18.1 Å². The lowest BCUT2D eigenvalue weighted by Gasteiger charge is -2.24. The van der Waals surface area contributed by atoms with E-state index in [0.29, 0.717) is 12.3 Å². The van der Waals surface area contributed by atoms with E-state index in [1.165, 1.54) is 0 Å². The van der Waals surface area contributed by atoms with Gasteiger partial charge in [0, 0.05) is 18.5 Å². The third kappa shape index (κ3) is 3.45. The molecule has 0 fully saturated rings. The van der Waals surface area contributed by atoms with Gasteiger partial charge in [0.1, 0.15) is 5.82 Å². The predicted octanol–water partition coefficient (Wildman–Crippen LogP) is 3.61. The fourth-order valence-electron chi connectivity index (χ4n) is 2.16. The van der Waals surface area contributed by atoms with Gasteiger partial charge in [0.25, 0.3) is 0 Å². The molecule has 0 radical (unpaired) electrons. The number of hydrogen-bond donors (Lipinski definition) is 0. The van der Waals surface area contributed by atoms with Crippen LogP contribution in [-0.2, 0) is 0 Å². The van der Waals surface area contributed by atoms with Crippen molar-refractivity contribution in [3.63, 3.8) is 0 Å². The van der Waals surface area contributed by atoms with E-state index in [2.05, 4.69) is 36.9 Å². The third-order valence-corrected chi connectivity index (χ3v) is 2.99. The Hall–Kier alpha value is -2.08. The van der Waals surface area contributed by atoms with E-state index in [1.807, 2.05) is 24.3 Å². The van der Waals surface area contributed by atoms with E-state index in [4.69, 9.17) is 10.2 Å². The lowest BCUT2D eigenvalue weighted by atomic mass is 10.2. The van der Waals surface area contributed by atoms with Gasteiger partial charge in [-0.3, -0.25) is 0 Å². The van der Waals surface area contributed by atoms with Crippen molar-refractivity contribution >= 4 is 16.7 Å². The summed E-state index contributed by atoms with van der Waals surface area (Å²) in [5, 5.41) is 9.92. The molecule has 0 aliphatic rings. The maximum absolute atomic E-state index is 8.77. The number of para-hydroxylation sites is 1. The summed E-state index contributed by atoms with van der Waals surface area (Å²) in [6.45, 7) is 6.02. The van der Waals surface area contributed by atoms with Gasteiger partial charge in [-0.1, -0.05) is 32.0 Å². The summed E-state index contributed by atoms with van der Waals surface area (Å²) in [4.78, 5) is 6.89. The lowest BCUT2D eigenvalue weighted by Crippen LogP contribution is -2.29. The molecule has 0 unspecified atom stereocenters. The highest BCUT2D eigenvalue weighted by atomic mass is 15.2. The Bertz CT molecular complexity index is 584. The SMILES string of the molecule is CC(C)CN(CCC#N)c1ccc2ccccc2n1. The summed E-state index contributed by atoms with van der Waals surface area (Å²) in [5.74, 6) is 1.51. The summed E-state index contributed by atoms with van der Waals surface area (Å²) in [6, 6.07) is 14.5. The van der Waals surface area contributed by atoms with Gasteiger partial charge >= 0.3 is 0 Å². The highest BCUT2D eigenvalue weighted by Crippen LogP contribution is 2.19. The molecule has 0 amide bonds. The topological polar surface area (TPSA) is 39.9 Å². The van der Waals surface area contributed by atoms with Gasteiger partial charge in [-0.15, -0.1) is 0 Å². The molecule has 1 heterocycles. The minimum atomic E-state index is 0.529. The molecule has 19 heavy (non-hydrogen) atoms. The molecule has 0 spiro atoms. The molecule has 3 heteroatoms. The quantitative estimate of drug-likeness (QED) is 0.817. The van der Waals surface area contributed by atoms with Crippen LogP contribution >= 0.6 is 0 Å². The van der Waals surface area contributed by atoms with Crippen LogP contribution in [0.5, 0.6) is 0 Å². The molecule has 2 rings (SSSR count). The average Bonchev–Trinajstić information content (AvgIpc) is 2.42. The summed E-state index contributed by atoms with van der Waals surface area (Å²) in [6.07, 6.45) is 0.529. The van der Waals surface area contributed by atoms with Gasteiger partial charge in [0.05, 0.1) is 18.0 Å². The van der Waals surface area contributed by atoms with Crippen molar-refractivity contribution < 1.29 is 0 Å². The number of nitrogens with zero attached hydrogens (tertiary/aromatic N) is 3. The van der Waals surface area contributed by atoms with Gasteiger partial charge < -0.3 is 4.90 Å². The Morgan fingerprint density at radius 3 is 2.74 bits per heavy atom. The minimum absolute atomic E-state index is 0.529. The zero-order valence-corrected chi connectivity index (χ0v) is 11.5. The molecular weight excluding hydrogens is 234 g/mol. The van der Waals surface area contributed by atoms with E-state index in [9.17, 15) is 0 Å². The van der Waals surface area contributed by atoms with E-state index >= 15 is 0 Å². The number of aromatic nitrogens is 1. The van der Waals surface area contributed by atoms with E-state index in [0.717, 1.165) is 29.8 Å². The molecule has 2 aromatic rings. The van der Waals surface area contributed by atoms with Crippen molar-refractivity contribution in [1.82, 2.24) is 4.98 Å². The molecular formula is C16H19N3. The second-order valence-electron chi connectivity index (χ2n) is 5.11. The van der Waals surface area contributed by atoms with Crippen molar-refractivity contribution in [1.29, 1.82) is 5.26 Å². The normalized spacial score (nSPS) is 10.6. The van der Waals surface area contributed by atoms with Crippen LogP contribution in [0.2, 0.25) is 0 Å². The Morgan fingerprint density at radius 1 is 1.21 bits per heavy atom. The van der Waals surface area contributed by atoms with Crippen molar-refractivity contribution in [2.45, 2.75) is 20.3 Å². The van der Waals surface area contributed by atoms with Crippen LogP contribution in [0.3, 0.4) is 0 Å². The fourth-order valence-corrected chi connectivity index (χ4v) is 2.16. The monoisotopic (exact) mass is 253 g/mol. The molecule has 0 aliphatic carbocycles. The predicted molar refractivity (Wildman–Crippen MR) is 79.0 cm³/mol. The molecule has 0 saturated carbocycles. The lowest BCUT2D eigenvalue weighted by molar-refractivity contribution is 0.608. The van der Waals surface area contributed by atoms with Crippen LogP contribution in [0.25, 0.3) is 10.9 Å². The van der Waals surface area contributed by atoms with Crippen LogP contribution in [0.15, 0.2) is 36.4 Å². The summed E-state index contributed by atoms with van der Waals surface area (Å²) in [5.41, 5.74) is 1.01. The molecule has 0 bridgehead atoms. The van der Waals surface area contributed by atoms with Crippen molar-refractivity contribution in [2.24, 2.45) is 5.92 Å². The standard InChI is InChI=1S/C16H19N3/c1-13(2)12-19(11-5-10-17)16-9-8-14-6-3-4-7-15(14)18-16/h3-4,6-9,13H,5,11-12H2,1-2H3. The van der Waals surface area contributed by atoms with Gasteiger partial charge in [0.15, 0.2) is 0 Å². The van der Waals surface area contributed by atoms with Gasteiger partial charge in [-0.2, -0.15) is 5.26 Å². The third-order valence-electron chi connectivity index (χ3n) is 2.99. The molecule has 0 N–H and O–H groups in total. The second kappa shape index (κ2) is 6.19. The number of nitriles is 1. The molecule has 98 valence electrons. The van der Waals surface area contributed by atoms with E-state index < -0.39 is 0 Å². The maximum atomic E-state index is 8.77. The first kappa shape index (κ1) is 13.4. The van der Waals surface area contributed by atoms with Gasteiger partial charge in [-0.25, -0.2) is 4.98 Å². The number of anilines is 1. The maximum Gasteiger partial charge on any atom is 0.129 e. The molecule has 0 aliphatic heterocycles. The first-order chi connectivity index (χ1) is 9.20. The number of benzene rings is 1. The zero-order valence-electron chi connectivity index (χ0n) is 11.5. The highest BCUT2D eigenvalue weighted by Gasteiger charge is 2.10. The number of fused-ring (bicyclic) bond motifs is 1. The zero-order chi connectivity index (χ0) is 13.7. The minimum Gasteiger partial charge on any atom is -0.355 e. The summed E-state index contributed by atoms with van der Waals surface area (Å²) in [7, 11) is 0. The van der Waals surface area contributed by atoms with Crippen molar-refractivity contribution in [3.8, 4) is 6.07 Å². The molecule has 1 aromatic carbocycles. The smallest absolute Gasteiger partial charge is 0.129 e. The number of pyridine rings is 1. The molecule has 1 aromatic heterocycles. The van der Waals surface area contributed by atoms with E-state index in [1.54, 1.807) is 0 Å². The average molecular weight is 253 g/mol. The summed E-state index contributed by atoms with van der Waals surface area (Å²) >= 11 is 0. The first-order valence-electron chi connectivity index (χ1n) is 6.68. The van der Waals surface area contributed by atoms with Crippen molar-refractivity contribution in [2.75, 3.05) is 18.0 Å². The Balaban J connectivity index is 2.29. The first-order valence-corrected chi connectivity index (χ1v) is 6.68. The van der Waals surface area contributed by atoms with Gasteiger partial charge in [0.2, 0.25) is 0 Å². The Kier molecular flexibility index (Phi) is 4.35. The molecule has 3 nitrogen and oxygen atoms in total. The number of rotatable bonds is 5. The van der Waals surface area contributed by atoms with Crippen LogP contribution in [0.1, 0.15) is 20.3 Å². The summed E-state index contributed by atoms with van der Waals surface area (Å²) < 4.78 is 0. The fraction of sp³-hybridized carbons (Fsp3) is 0.375. The van der Waals surface area contributed by atoms with Crippen molar-refractivity contribution in [3.05, 3.63) is 36.4 Å². The van der Waals surface area contributed by atoms with E-state index in [-0.39, 0.29) is 0 Å². The molecule has 0 atom stereocenters. The van der Waals surface area contributed by atoms with Crippen LogP contribution < -0.4 is 4.90 Å². The largest absolute Gasteiger partial charge is 0.355 e. The van der Waals surface area contributed by atoms with Gasteiger partial charge in [-0.05, 0) is 24.1 Å². The highest BCUT2D eigenvalue weighted by molar-refractivity contribution is 5.80. The Labute approximate surface area is 114 Å². The molecule has 0 saturated heterocycles. The number of hydrogen-bond acceptors (Lipinski definition) is 3. The second-order valence-corrected chi connectivity index (χ2v) is 5.11. The van der Waals surface area contributed by atoms with Crippen LogP contribution in [0.4, 0.5) is 5.82 Å². The Morgan fingerprint density at radius 2 is 2.00 bits per heavy atom. The van der Waals surface area contributed by atoms with Crippen LogP contribution in [0, 0.1) is 17.2 Å².